The molecule has 1 aromatic carbocycles. The molecule has 0 unspecified atom stereocenters. The number of hydrogen-bond donors (Lipinski definition) is 1. The third kappa shape index (κ3) is 3.14. The first-order chi connectivity index (χ1) is 15.0. The van der Waals surface area contributed by atoms with Gasteiger partial charge in [-0.3, -0.25) is 0 Å². The molecule has 0 bridgehead atoms. The molecule has 0 saturated carbocycles. The number of nitrogens with zero attached hydrogens (tertiary/aromatic N) is 3. The Balaban J connectivity index is 1.78. The highest BCUT2D eigenvalue weighted by Gasteiger charge is 2.49. The van der Waals surface area contributed by atoms with Gasteiger partial charge in [0, 0.05) is 34.5 Å². The zero-order chi connectivity index (χ0) is 21.6. The number of nitrogens with two attached hydrogens (primary N) is 1. The van der Waals surface area contributed by atoms with Gasteiger partial charge in [-0.05, 0) is 18.8 Å². The van der Waals surface area contributed by atoms with Gasteiger partial charge in [0.2, 0.25) is 5.70 Å². The normalized spacial score (nSPS) is 27.5. The van der Waals surface area contributed by atoms with Gasteiger partial charge in [-0.25, -0.2) is 14.8 Å². The van der Waals surface area contributed by atoms with E-state index in [1.807, 2.05) is 31.2 Å². The van der Waals surface area contributed by atoms with Crippen LogP contribution in [0.3, 0.4) is 0 Å². The first-order valence-electron chi connectivity index (χ1n) is 11.2. The molecule has 0 radical (unpaired) electrons. The van der Waals surface area contributed by atoms with Crippen LogP contribution in [0, 0.1) is 18.4 Å². The van der Waals surface area contributed by atoms with Gasteiger partial charge >= 0.3 is 0 Å². The summed E-state index contributed by atoms with van der Waals surface area (Å²) in [6, 6.07) is 10.3. The molecule has 5 nitrogen and oxygen atoms in total. The summed E-state index contributed by atoms with van der Waals surface area (Å²) >= 11 is 0. The van der Waals surface area contributed by atoms with Crippen LogP contribution in [0.25, 0.3) is 21.7 Å². The summed E-state index contributed by atoms with van der Waals surface area (Å²) in [6.07, 6.45) is 6.93. The van der Waals surface area contributed by atoms with Crippen LogP contribution in [0.2, 0.25) is 0 Å². The van der Waals surface area contributed by atoms with Crippen molar-refractivity contribution < 1.29 is 10.1 Å². The molecule has 2 aromatic rings. The SMILES string of the molecule is [C-]#[N+]C1=C[C@@]2(C)c3nc(C4=CCC[NH2+]C4)nc(-c4ccccc4)c3CC[C@@H]2[C@@H](C)C1=O. The molecular weight excluding hydrogens is 384 g/mol. The number of ketones is 1. The second-order valence-corrected chi connectivity index (χ2v) is 9.11. The van der Waals surface area contributed by atoms with E-state index in [0.29, 0.717) is 0 Å². The third-order valence-electron chi connectivity index (χ3n) is 7.28. The number of Topliss-reactive ketones (excluding diaryl/α,β-unsaturated/α-hetero) is 1. The van der Waals surface area contributed by atoms with Crippen LogP contribution in [0.1, 0.15) is 43.8 Å². The molecule has 2 aliphatic carbocycles. The third-order valence-corrected chi connectivity index (χ3v) is 7.28. The van der Waals surface area contributed by atoms with E-state index in [-0.39, 0.29) is 23.3 Å². The maximum atomic E-state index is 12.7. The van der Waals surface area contributed by atoms with Crippen molar-refractivity contribution in [3.63, 3.8) is 0 Å². The lowest BCUT2D eigenvalue weighted by Crippen LogP contribution is -2.85. The predicted molar refractivity (Wildman–Crippen MR) is 120 cm³/mol. The van der Waals surface area contributed by atoms with E-state index < -0.39 is 5.41 Å². The van der Waals surface area contributed by atoms with Crippen LogP contribution in [0.15, 0.2) is 48.2 Å². The summed E-state index contributed by atoms with van der Waals surface area (Å²) in [7, 11) is 0. The first-order valence-corrected chi connectivity index (χ1v) is 11.2. The van der Waals surface area contributed by atoms with Gasteiger partial charge in [-0.15, -0.1) is 0 Å². The number of fused-ring (bicyclic) bond motifs is 3. The highest BCUT2D eigenvalue weighted by Crippen LogP contribution is 2.50. The minimum absolute atomic E-state index is 0.0249. The lowest BCUT2D eigenvalue weighted by Gasteiger charge is -2.46. The van der Waals surface area contributed by atoms with Gasteiger partial charge < -0.3 is 10.1 Å². The molecule has 0 amide bonds. The predicted octanol–water partition coefficient (Wildman–Crippen LogP) is 3.34. The van der Waals surface area contributed by atoms with Gasteiger partial charge in [0.25, 0.3) is 0 Å². The van der Waals surface area contributed by atoms with Crippen LogP contribution in [-0.4, -0.2) is 28.8 Å². The zero-order valence-electron chi connectivity index (χ0n) is 18.1. The lowest BCUT2D eigenvalue weighted by molar-refractivity contribution is -0.645. The van der Waals surface area contributed by atoms with Crippen LogP contribution < -0.4 is 5.32 Å². The summed E-state index contributed by atoms with van der Waals surface area (Å²) in [5, 5.41) is 2.29. The zero-order valence-corrected chi connectivity index (χ0v) is 18.1. The van der Waals surface area contributed by atoms with Crippen LogP contribution in [-0.2, 0) is 16.6 Å². The largest absolute Gasteiger partial charge is 0.342 e. The topological polar surface area (TPSA) is 63.8 Å². The highest BCUT2D eigenvalue weighted by atomic mass is 16.1. The summed E-state index contributed by atoms with van der Waals surface area (Å²) in [5.41, 5.74) is 5.24. The Kier molecular flexibility index (Phi) is 4.83. The van der Waals surface area contributed by atoms with Crippen molar-refractivity contribution in [3.8, 4) is 11.3 Å². The fourth-order valence-corrected chi connectivity index (χ4v) is 5.62. The minimum atomic E-state index is -0.443. The van der Waals surface area contributed by atoms with Gasteiger partial charge in [-0.1, -0.05) is 56.3 Å². The maximum absolute atomic E-state index is 12.7. The number of quaternary nitrogens is 1. The molecule has 1 aromatic heterocycles. The molecule has 0 spiro atoms. The molecular formula is C26H27N4O+. The summed E-state index contributed by atoms with van der Waals surface area (Å²) < 4.78 is 0. The van der Waals surface area contributed by atoms with Crippen LogP contribution >= 0.6 is 0 Å². The van der Waals surface area contributed by atoms with E-state index >= 15 is 0 Å². The van der Waals surface area contributed by atoms with Crippen LogP contribution in [0.5, 0.6) is 0 Å². The number of allylic oxidation sites excluding steroid dienone is 2. The Morgan fingerprint density at radius 3 is 2.74 bits per heavy atom. The molecule has 2 N–H and O–H groups in total. The standard InChI is InChI=1S/C26H26N4O/c1-16-20-12-11-19-22(17-8-5-4-6-9-17)29-25(18-10-7-13-28-15-18)30-24(19)26(20,2)14-21(27-3)23(16)31/h4-6,8-10,14,16,20,28H,7,11-13,15H2,1-2H3/p+1/t16-,20-,26-/m1/s1. The average molecular weight is 412 g/mol. The Morgan fingerprint density at radius 1 is 1.23 bits per heavy atom. The van der Waals surface area contributed by atoms with E-state index in [0.717, 1.165) is 60.7 Å². The van der Waals surface area contributed by atoms with Gasteiger partial charge in [-0.2, -0.15) is 0 Å². The second-order valence-electron chi connectivity index (χ2n) is 9.11. The molecule has 0 fully saturated rings. The number of carbonyl (C=O) groups is 1. The number of aromatic nitrogens is 2. The van der Waals surface area contributed by atoms with E-state index in [2.05, 4.69) is 35.3 Å². The minimum Gasteiger partial charge on any atom is -0.342 e. The van der Waals surface area contributed by atoms with Gasteiger partial charge in [0.15, 0.2) is 11.6 Å². The highest BCUT2D eigenvalue weighted by molar-refractivity contribution is 6.00. The second kappa shape index (κ2) is 7.55. The summed E-state index contributed by atoms with van der Waals surface area (Å²) in [5.74, 6) is 0.741. The van der Waals surface area contributed by atoms with Crippen LogP contribution in [0.4, 0.5) is 0 Å². The number of hydrogen-bond acceptors (Lipinski definition) is 3. The lowest BCUT2D eigenvalue weighted by atomic mass is 9.58. The van der Waals surface area contributed by atoms with Crippen molar-refractivity contribution in [2.24, 2.45) is 11.8 Å². The number of carbonyl (C=O) groups excluding carboxylic acids is 1. The molecule has 3 aliphatic rings. The number of rotatable bonds is 2. The Bertz CT molecular complexity index is 1160. The van der Waals surface area contributed by atoms with Crippen molar-refractivity contribution in [1.29, 1.82) is 0 Å². The van der Waals surface area contributed by atoms with Crippen molar-refractivity contribution in [1.82, 2.24) is 9.97 Å². The Labute approximate surface area is 183 Å². The van der Waals surface area contributed by atoms with Crippen molar-refractivity contribution in [3.05, 3.63) is 76.7 Å². The Morgan fingerprint density at radius 2 is 2.03 bits per heavy atom. The fourth-order valence-electron chi connectivity index (χ4n) is 5.62. The molecule has 31 heavy (non-hydrogen) atoms. The Hall–Kier alpha value is -3.10. The van der Waals surface area contributed by atoms with E-state index in [1.165, 1.54) is 5.57 Å². The van der Waals surface area contributed by atoms with E-state index in [1.54, 1.807) is 0 Å². The fraction of sp³-hybridized carbons (Fsp3) is 0.385. The monoisotopic (exact) mass is 411 g/mol. The van der Waals surface area contributed by atoms with E-state index in [4.69, 9.17) is 16.5 Å². The van der Waals surface area contributed by atoms with Gasteiger partial charge in [0.05, 0.1) is 24.5 Å². The molecule has 3 atom stereocenters. The molecule has 0 saturated heterocycles. The first kappa shape index (κ1) is 19.8. The smallest absolute Gasteiger partial charge is 0.226 e. The van der Waals surface area contributed by atoms with Crippen molar-refractivity contribution >= 4 is 11.4 Å². The quantitative estimate of drug-likeness (QED) is 0.771. The summed E-state index contributed by atoms with van der Waals surface area (Å²) in [6.45, 7) is 13.7. The molecule has 5 heteroatoms. The average Bonchev–Trinajstić information content (AvgIpc) is 2.82. The van der Waals surface area contributed by atoms with E-state index in [9.17, 15) is 4.79 Å². The molecule has 1 aliphatic heterocycles. The molecule has 2 heterocycles. The summed E-state index contributed by atoms with van der Waals surface area (Å²) in [4.78, 5) is 26.5. The van der Waals surface area contributed by atoms with Crippen molar-refractivity contribution in [2.75, 3.05) is 13.1 Å². The van der Waals surface area contributed by atoms with Gasteiger partial charge in [0.1, 0.15) is 6.54 Å². The molecule has 5 rings (SSSR count). The maximum Gasteiger partial charge on any atom is 0.226 e. The van der Waals surface area contributed by atoms with Crippen molar-refractivity contribution in [2.45, 2.75) is 38.5 Å². The number of benzene rings is 1. The molecule has 156 valence electrons.